The van der Waals surface area contributed by atoms with Crippen LogP contribution in [0.5, 0.6) is 5.75 Å². The highest BCUT2D eigenvalue weighted by atomic mass is 16.5. The third kappa shape index (κ3) is 3.75. The minimum absolute atomic E-state index is 0.552. The zero-order chi connectivity index (χ0) is 15.2. The first-order valence-corrected chi connectivity index (χ1v) is 7.67. The lowest BCUT2D eigenvalue weighted by molar-refractivity contribution is 0.127. The van der Waals surface area contributed by atoms with E-state index in [0.29, 0.717) is 23.3 Å². The Balaban J connectivity index is 2.08. The smallest absolute Gasteiger partial charge is 0.136 e. The fraction of sp³-hybridized carbons (Fsp3) is 0.588. The average Bonchev–Trinajstić information content (AvgIpc) is 2.54. The summed E-state index contributed by atoms with van der Waals surface area (Å²) in [5.41, 5.74) is 7.67. The summed E-state index contributed by atoms with van der Waals surface area (Å²) in [6.45, 7) is 1.61. The molecule has 1 aliphatic rings. The Kier molecular flexibility index (Phi) is 5.60. The molecule has 0 heterocycles. The SMILES string of the molecule is COc1ccc(CN(C)C2CCCCC2CN)cc1C#N. The van der Waals surface area contributed by atoms with Crippen molar-refractivity contribution in [3.05, 3.63) is 29.3 Å². The molecule has 21 heavy (non-hydrogen) atoms. The summed E-state index contributed by atoms with van der Waals surface area (Å²) in [6, 6.07) is 8.59. The molecular formula is C17H25N3O. The largest absolute Gasteiger partial charge is 0.495 e. The van der Waals surface area contributed by atoms with Crippen molar-refractivity contribution >= 4 is 0 Å². The van der Waals surface area contributed by atoms with Crippen molar-refractivity contribution in [3.8, 4) is 11.8 Å². The van der Waals surface area contributed by atoms with Gasteiger partial charge in [-0.2, -0.15) is 5.26 Å². The third-order valence-corrected chi connectivity index (χ3v) is 4.55. The lowest BCUT2D eigenvalue weighted by atomic mass is 9.83. The Morgan fingerprint density at radius 3 is 2.81 bits per heavy atom. The minimum atomic E-state index is 0.552. The molecule has 2 rings (SSSR count). The number of hydrogen-bond acceptors (Lipinski definition) is 4. The second-order valence-corrected chi connectivity index (χ2v) is 5.91. The standard InChI is InChI=1S/C17H25N3O/c1-20(16-6-4-3-5-14(16)10-18)12-13-7-8-17(21-2)15(9-13)11-19/h7-9,14,16H,3-6,10,12,18H2,1-2H3. The average molecular weight is 287 g/mol. The molecule has 0 aromatic heterocycles. The Labute approximate surface area is 127 Å². The first-order valence-electron chi connectivity index (χ1n) is 7.67. The van der Waals surface area contributed by atoms with Crippen molar-refractivity contribution in [2.45, 2.75) is 38.3 Å². The second kappa shape index (κ2) is 7.44. The highest BCUT2D eigenvalue weighted by molar-refractivity contribution is 5.45. The van der Waals surface area contributed by atoms with Crippen LogP contribution in [-0.4, -0.2) is 31.6 Å². The van der Waals surface area contributed by atoms with E-state index in [4.69, 9.17) is 10.5 Å². The fourth-order valence-electron chi connectivity index (χ4n) is 3.39. The summed E-state index contributed by atoms with van der Waals surface area (Å²) >= 11 is 0. The molecule has 1 saturated carbocycles. The molecule has 0 aliphatic heterocycles. The van der Waals surface area contributed by atoms with Crippen molar-refractivity contribution in [1.82, 2.24) is 4.90 Å². The molecule has 1 aromatic carbocycles. The van der Waals surface area contributed by atoms with E-state index < -0.39 is 0 Å². The molecule has 4 heteroatoms. The number of rotatable bonds is 5. The van der Waals surface area contributed by atoms with Crippen LogP contribution in [0, 0.1) is 17.2 Å². The lowest BCUT2D eigenvalue weighted by Crippen LogP contribution is -2.42. The van der Waals surface area contributed by atoms with Gasteiger partial charge in [-0.1, -0.05) is 18.9 Å². The van der Waals surface area contributed by atoms with Crippen LogP contribution >= 0.6 is 0 Å². The van der Waals surface area contributed by atoms with Gasteiger partial charge in [0, 0.05) is 12.6 Å². The van der Waals surface area contributed by atoms with Crippen LogP contribution in [0.15, 0.2) is 18.2 Å². The van der Waals surface area contributed by atoms with Gasteiger partial charge in [-0.3, -0.25) is 4.90 Å². The Morgan fingerprint density at radius 2 is 2.14 bits per heavy atom. The number of benzene rings is 1. The van der Waals surface area contributed by atoms with E-state index >= 15 is 0 Å². The zero-order valence-corrected chi connectivity index (χ0v) is 13.0. The van der Waals surface area contributed by atoms with Crippen LogP contribution < -0.4 is 10.5 Å². The Bertz CT molecular complexity index is 509. The molecule has 1 aromatic rings. The zero-order valence-electron chi connectivity index (χ0n) is 13.0. The van der Waals surface area contributed by atoms with Crippen LogP contribution in [0.1, 0.15) is 36.8 Å². The molecule has 0 bridgehead atoms. The summed E-state index contributed by atoms with van der Waals surface area (Å²) in [6.07, 6.45) is 5.04. The van der Waals surface area contributed by atoms with E-state index in [2.05, 4.69) is 18.0 Å². The number of methoxy groups -OCH3 is 1. The van der Waals surface area contributed by atoms with Gasteiger partial charge in [0.1, 0.15) is 11.8 Å². The van der Waals surface area contributed by atoms with E-state index in [9.17, 15) is 5.26 Å². The highest BCUT2D eigenvalue weighted by Gasteiger charge is 2.27. The number of ether oxygens (including phenoxy) is 1. The van der Waals surface area contributed by atoms with Crippen LogP contribution in [0.2, 0.25) is 0 Å². The molecule has 4 nitrogen and oxygen atoms in total. The van der Waals surface area contributed by atoms with Crippen LogP contribution in [0.3, 0.4) is 0 Å². The maximum absolute atomic E-state index is 9.18. The topological polar surface area (TPSA) is 62.3 Å². The number of nitriles is 1. The molecule has 2 N–H and O–H groups in total. The summed E-state index contributed by atoms with van der Waals surface area (Å²) in [4.78, 5) is 2.39. The predicted molar refractivity (Wildman–Crippen MR) is 84.0 cm³/mol. The molecule has 0 amide bonds. The van der Waals surface area contributed by atoms with Crippen molar-refractivity contribution in [2.75, 3.05) is 20.7 Å². The van der Waals surface area contributed by atoms with Gasteiger partial charge in [-0.15, -0.1) is 0 Å². The molecular weight excluding hydrogens is 262 g/mol. The van der Waals surface area contributed by atoms with Gasteiger partial charge in [0.2, 0.25) is 0 Å². The highest BCUT2D eigenvalue weighted by Crippen LogP contribution is 2.28. The van der Waals surface area contributed by atoms with Crippen LogP contribution in [-0.2, 0) is 6.54 Å². The normalized spacial score (nSPS) is 22.0. The molecule has 114 valence electrons. The number of nitrogens with zero attached hydrogens (tertiary/aromatic N) is 2. The Hall–Kier alpha value is -1.57. The van der Waals surface area contributed by atoms with Crippen molar-refractivity contribution in [3.63, 3.8) is 0 Å². The maximum atomic E-state index is 9.18. The Morgan fingerprint density at radius 1 is 1.38 bits per heavy atom. The molecule has 0 spiro atoms. The molecule has 1 aliphatic carbocycles. The van der Waals surface area contributed by atoms with E-state index in [-0.39, 0.29) is 0 Å². The van der Waals surface area contributed by atoms with Crippen molar-refractivity contribution < 1.29 is 4.74 Å². The van der Waals surface area contributed by atoms with E-state index in [1.165, 1.54) is 25.7 Å². The van der Waals surface area contributed by atoms with E-state index in [1.807, 2.05) is 18.2 Å². The van der Waals surface area contributed by atoms with Gasteiger partial charge in [0.05, 0.1) is 12.7 Å². The van der Waals surface area contributed by atoms with Gasteiger partial charge in [0.15, 0.2) is 0 Å². The third-order valence-electron chi connectivity index (χ3n) is 4.55. The fourth-order valence-corrected chi connectivity index (χ4v) is 3.39. The van der Waals surface area contributed by atoms with Gasteiger partial charge in [-0.25, -0.2) is 0 Å². The van der Waals surface area contributed by atoms with Crippen LogP contribution in [0.4, 0.5) is 0 Å². The molecule has 2 unspecified atom stereocenters. The van der Waals surface area contributed by atoms with Gasteiger partial charge >= 0.3 is 0 Å². The quantitative estimate of drug-likeness (QED) is 0.904. The first kappa shape index (κ1) is 15.8. The first-order chi connectivity index (χ1) is 10.2. The maximum Gasteiger partial charge on any atom is 0.136 e. The molecule has 2 atom stereocenters. The van der Waals surface area contributed by atoms with Gasteiger partial charge in [0.25, 0.3) is 0 Å². The summed E-state index contributed by atoms with van der Waals surface area (Å²) in [5, 5.41) is 9.18. The summed E-state index contributed by atoms with van der Waals surface area (Å²) in [5.74, 6) is 1.24. The minimum Gasteiger partial charge on any atom is -0.495 e. The van der Waals surface area contributed by atoms with Crippen LogP contribution in [0.25, 0.3) is 0 Å². The van der Waals surface area contributed by atoms with Gasteiger partial charge in [-0.05, 0) is 50.0 Å². The number of hydrogen-bond donors (Lipinski definition) is 1. The monoisotopic (exact) mass is 287 g/mol. The molecule has 0 radical (unpaired) electrons. The predicted octanol–water partition coefficient (Wildman–Crippen LogP) is 2.52. The summed E-state index contributed by atoms with van der Waals surface area (Å²) < 4.78 is 5.19. The van der Waals surface area contributed by atoms with E-state index in [1.54, 1.807) is 7.11 Å². The second-order valence-electron chi connectivity index (χ2n) is 5.91. The van der Waals surface area contributed by atoms with Crippen molar-refractivity contribution in [2.24, 2.45) is 11.7 Å². The van der Waals surface area contributed by atoms with Crippen molar-refractivity contribution in [1.29, 1.82) is 5.26 Å². The lowest BCUT2D eigenvalue weighted by Gasteiger charge is -2.37. The summed E-state index contributed by atoms with van der Waals surface area (Å²) in [7, 11) is 3.75. The van der Waals surface area contributed by atoms with E-state index in [0.717, 1.165) is 18.7 Å². The van der Waals surface area contributed by atoms with Gasteiger partial charge < -0.3 is 10.5 Å². The number of nitrogens with two attached hydrogens (primary N) is 1. The molecule has 1 fully saturated rings. The molecule has 0 saturated heterocycles.